The second-order valence-electron chi connectivity index (χ2n) is 7.33. The summed E-state index contributed by atoms with van der Waals surface area (Å²) in [5, 5.41) is 12.0. The minimum Gasteiger partial charge on any atom is -0.324 e. The number of carbonyl (C=O) groups excluding carboxylic acids is 3. The fourth-order valence-corrected chi connectivity index (χ4v) is 4.20. The number of thioether (sulfide) groups is 1. The highest BCUT2D eigenvalue weighted by Gasteiger charge is 2.55. The molecule has 3 amide bonds. The van der Waals surface area contributed by atoms with Crippen molar-refractivity contribution in [2.45, 2.75) is 30.8 Å². The molecular formula is C21H21N5O3S. The number of nitrogens with one attached hydrogen (secondary N) is 1. The van der Waals surface area contributed by atoms with Gasteiger partial charge in [-0.15, -0.1) is 11.8 Å². The topological polar surface area (TPSA) is 94.4 Å². The highest BCUT2D eigenvalue weighted by molar-refractivity contribution is 7.98. The smallest absolute Gasteiger partial charge is 0.263 e. The van der Waals surface area contributed by atoms with Crippen LogP contribution in [-0.4, -0.2) is 47.6 Å². The van der Waals surface area contributed by atoms with Crippen LogP contribution in [0.25, 0.3) is 0 Å². The van der Waals surface area contributed by atoms with Crippen molar-refractivity contribution in [2.24, 2.45) is 10.3 Å². The first kappa shape index (κ1) is 20.1. The summed E-state index contributed by atoms with van der Waals surface area (Å²) in [5.74, 6) is -1.18. The number of aryl methyl sites for hydroxylation is 2. The van der Waals surface area contributed by atoms with Crippen LogP contribution in [0.1, 0.15) is 11.1 Å². The van der Waals surface area contributed by atoms with Crippen LogP contribution in [0.4, 0.5) is 11.4 Å². The van der Waals surface area contributed by atoms with E-state index < -0.39 is 23.9 Å². The quantitative estimate of drug-likeness (QED) is 0.589. The van der Waals surface area contributed by atoms with Crippen LogP contribution in [0.3, 0.4) is 0 Å². The zero-order chi connectivity index (χ0) is 21.4. The Morgan fingerprint density at radius 1 is 1.10 bits per heavy atom. The SMILES string of the molecule is CSc1cccc(NC(=O)CN2N=NC3C(=O)N(c4cc(C)cc(C)c4)C(=O)C32)c1. The van der Waals surface area contributed by atoms with E-state index in [4.69, 9.17) is 0 Å². The first-order valence-electron chi connectivity index (χ1n) is 9.45. The van der Waals surface area contributed by atoms with E-state index in [0.717, 1.165) is 20.9 Å². The molecule has 2 unspecified atom stereocenters. The molecule has 154 valence electrons. The number of nitrogens with zero attached hydrogens (tertiary/aromatic N) is 4. The van der Waals surface area contributed by atoms with Gasteiger partial charge in [-0.2, -0.15) is 5.11 Å². The minimum absolute atomic E-state index is 0.173. The summed E-state index contributed by atoms with van der Waals surface area (Å²) >= 11 is 1.57. The fourth-order valence-electron chi connectivity index (χ4n) is 3.74. The van der Waals surface area contributed by atoms with Crippen LogP contribution in [0.15, 0.2) is 57.7 Å². The van der Waals surface area contributed by atoms with Crippen LogP contribution in [0.5, 0.6) is 0 Å². The highest BCUT2D eigenvalue weighted by atomic mass is 32.2. The van der Waals surface area contributed by atoms with E-state index in [1.165, 1.54) is 5.01 Å². The molecule has 2 atom stereocenters. The summed E-state index contributed by atoms with van der Waals surface area (Å²) in [5.41, 5.74) is 3.08. The van der Waals surface area contributed by atoms with E-state index >= 15 is 0 Å². The Balaban J connectivity index is 1.50. The monoisotopic (exact) mass is 423 g/mol. The van der Waals surface area contributed by atoms with E-state index in [1.54, 1.807) is 30.0 Å². The number of carbonyl (C=O) groups is 3. The molecular weight excluding hydrogens is 402 g/mol. The van der Waals surface area contributed by atoms with Crippen LogP contribution in [0, 0.1) is 13.8 Å². The number of imide groups is 1. The third kappa shape index (κ3) is 3.68. The Morgan fingerprint density at radius 3 is 2.53 bits per heavy atom. The van der Waals surface area contributed by atoms with E-state index in [0.29, 0.717) is 11.4 Å². The maximum atomic E-state index is 13.1. The normalized spacial score (nSPS) is 20.1. The summed E-state index contributed by atoms with van der Waals surface area (Å²) in [4.78, 5) is 40.6. The Morgan fingerprint density at radius 2 is 1.83 bits per heavy atom. The van der Waals surface area contributed by atoms with Crippen LogP contribution >= 0.6 is 11.8 Å². The summed E-state index contributed by atoms with van der Waals surface area (Å²) in [6.45, 7) is 3.64. The van der Waals surface area contributed by atoms with Gasteiger partial charge < -0.3 is 5.32 Å². The predicted octanol–water partition coefficient (Wildman–Crippen LogP) is 2.96. The predicted molar refractivity (Wildman–Crippen MR) is 114 cm³/mol. The van der Waals surface area contributed by atoms with E-state index in [1.807, 2.05) is 44.4 Å². The van der Waals surface area contributed by atoms with E-state index in [2.05, 4.69) is 15.7 Å². The molecule has 9 heteroatoms. The molecule has 2 aliphatic heterocycles. The highest BCUT2D eigenvalue weighted by Crippen LogP contribution is 2.32. The zero-order valence-electron chi connectivity index (χ0n) is 16.8. The lowest BCUT2D eigenvalue weighted by atomic mass is 10.1. The molecule has 2 aliphatic rings. The first-order valence-corrected chi connectivity index (χ1v) is 10.7. The summed E-state index contributed by atoms with van der Waals surface area (Å²) < 4.78 is 0. The minimum atomic E-state index is -0.925. The molecule has 2 aromatic carbocycles. The Labute approximate surface area is 178 Å². The van der Waals surface area contributed by atoms with Crippen LogP contribution in [-0.2, 0) is 14.4 Å². The Hall–Kier alpha value is -3.20. The number of hydrogen-bond donors (Lipinski definition) is 1. The maximum absolute atomic E-state index is 13.1. The number of hydrogen-bond acceptors (Lipinski definition) is 7. The average molecular weight is 423 g/mol. The largest absolute Gasteiger partial charge is 0.324 e. The molecule has 0 aromatic heterocycles. The maximum Gasteiger partial charge on any atom is 0.263 e. The van der Waals surface area contributed by atoms with Crippen molar-refractivity contribution in [1.82, 2.24) is 5.01 Å². The molecule has 30 heavy (non-hydrogen) atoms. The average Bonchev–Trinajstić information content (AvgIpc) is 3.21. The number of fused-ring (bicyclic) bond motifs is 1. The third-order valence-corrected chi connectivity index (χ3v) is 5.71. The Bertz CT molecular complexity index is 1050. The third-order valence-electron chi connectivity index (χ3n) is 4.98. The second-order valence-corrected chi connectivity index (χ2v) is 8.21. The molecule has 8 nitrogen and oxygen atoms in total. The lowest BCUT2D eigenvalue weighted by Gasteiger charge is -2.20. The first-order chi connectivity index (χ1) is 14.4. The molecule has 0 bridgehead atoms. The van der Waals surface area contributed by atoms with Gasteiger partial charge in [-0.25, -0.2) is 4.90 Å². The van der Waals surface area contributed by atoms with Crippen LogP contribution in [0.2, 0.25) is 0 Å². The molecule has 2 aromatic rings. The number of benzene rings is 2. The lowest BCUT2D eigenvalue weighted by molar-refractivity contribution is -0.123. The standard InChI is InChI=1S/C21H21N5O3S/c1-12-7-13(2)9-15(8-12)26-20(28)18-19(21(26)29)25(24-23-18)11-17(27)22-14-5-4-6-16(10-14)30-3/h4-10,18-19H,11H2,1-3H3,(H,22,27). The van der Waals surface area contributed by atoms with Crippen molar-refractivity contribution in [2.75, 3.05) is 23.0 Å². The molecule has 1 saturated heterocycles. The summed E-state index contributed by atoms with van der Waals surface area (Å²) in [6.07, 6.45) is 1.95. The van der Waals surface area contributed by atoms with Crippen molar-refractivity contribution >= 4 is 40.9 Å². The van der Waals surface area contributed by atoms with Crippen molar-refractivity contribution in [1.29, 1.82) is 0 Å². The van der Waals surface area contributed by atoms with Gasteiger partial charge in [-0.1, -0.05) is 17.4 Å². The van der Waals surface area contributed by atoms with Crippen molar-refractivity contribution in [3.05, 3.63) is 53.6 Å². The van der Waals surface area contributed by atoms with Gasteiger partial charge in [0.15, 0.2) is 12.1 Å². The number of anilines is 2. The van der Waals surface area contributed by atoms with Gasteiger partial charge in [0.1, 0.15) is 6.54 Å². The molecule has 0 aliphatic carbocycles. The van der Waals surface area contributed by atoms with E-state index in [9.17, 15) is 14.4 Å². The molecule has 0 spiro atoms. The van der Waals surface area contributed by atoms with E-state index in [-0.39, 0.29) is 12.5 Å². The van der Waals surface area contributed by atoms with Crippen molar-refractivity contribution in [3.63, 3.8) is 0 Å². The van der Waals surface area contributed by atoms with Gasteiger partial charge in [0.05, 0.1) is 5.69 Å². The van der Waals surface area contributed by atoms with Gasteiger partial charge in [0.2, 0.25) is 5.91 Å². The lowest BCUT2D eigenvalue weighted by Crippen LogP contribution is -2.43. The summed E-state index contributed by atoms with van der Waals surface area (Å²) in [6, 6.07) is 11.2. The van der Waals surface area contributed by atoms with Crippen LogP contribution < -0.4 is 10.2 Å². The van der Waals surface area contributed by atoms with Gasteiger partial charge in [0, 0.05) is 10.6 Å². The Kier molecular flexibility index (Phi) is 5.29. The molecule has 0 radical (unpaired) electrons. The van der Waals surface area contributed by atoms with Gasteiger partial charge >= 0.3 is 0 Å². The second kappa shape index (κ2) is 7.91. The van der Waals surface area contributed by atoms with Crippen molar-refractivity contribution in [3.8, 4) is 0 Å². The molecule has 1 N–H and O–H groups in total. The van der Waals surface area contributed by atoms with Crippen molar-refractivity contribution < 1.29 is 14.4 Å². The zero-order valence-corrected chi connectivity index (χ0v) is 17.6. The number of rotatable bonds is 5. The molecule has 4 rings (SSSR count). The van der Waals surface area contributed by atoms with Gasteiger partial charge in [-0.3, -0.25) is 19.4 Å². The summed E-state index contributed by atoms with van der Waals surface area (Å²) in [7, 11) is 0. The van der Waals surface area contributed by atoms with Gasteiger partial charge in [0.25, 0.3) is 11.8 Å². The molecule has 0 saturated carbocycles. The molecule has 2 heterocycles. The fraction of sp³-hybridized carbons (Fsp3) is 0.286. The van der Waals surface area contributed by atoms with Gasteiger partial charge in [-0.05, 0) is 61.6 Å². The number of amides is 3. The molecule has 1 fully saturated rings.